The van der Waals surface area contributed by atoms with Crippen LogP contribution in [0.25, 0.3) is 0 Å². The van der Waals surface area contributed by atoms with Crippen molar-refractivity contribution in [2.75, 3.05) is 6.61 Å². The van der Waals surface area contributed by atoms with E-state index in [4.69, 9.17) is 0 Å². The second-order valence-corrected chi connectivity index (χ2v) is 5.16. The van der Waals surface area contributed by atoms with Crippen LogP contribution in [0.5, 0.6) is 0 Å². The monoisotopic (exact) mass is 330 g/mol. The molecule has 130 valence electrons. The molecule has 0 aliphatic heterocycles. The Hall–Kier alpha value is -1.14. The normalized spacial score (nSPS) is 12.3. The minimum absolute atomic E-state index is 0.180. The first-order chi connectivity index (χ1) is 10.1. The van der Waals surface area contributed by atoms with Gasteiger partial charge in [0, 0.05) is 0 Å². The van der Waals surface area contributed by atoms with Crippen molar-refractivity contribution in [2.45, 2.75) is 70.4 Å². The Balaban J connectivity index is 3.85. The lowest BCUT2D eigenvalue weighted by Gasteiger charge is -2.20. The number of ether oxygens (including phenoxy) is 1. The average Bonchev–Trinajstić information content (AvgIpc) is 2.43. The van der Waals surface area contributed by atoms with Crippen LogP contribution in [0.3, 0.4) is 0 Å². The Bertz CT molecular complexity index is 350. The third kappa shape index (κ3) is 7.22. The number of halogens is 5. The van der Waals surface area contributed by atoms with Crippen LogP contribution in [-0.2, 0) is 9.53 Å². The topological polar surface area (TPSA) is 26.3 Å². The number of hydrogen-bond acceptors (Lipinski definition) is 2. The van der Waals surface area contributed by atoms with Crippen LogP contribution in [0.15, 0.2) is 12.2 Å². The molecule has 0 aliphatic rings. The Morgan fingerprint density at radius 1 is 0.909 bits per heavy atom. The summed E-state index contributed by atoms with van der Waals surface area (Å²) in [6, 6.07) is 0. The summed E-state index contributed by atoms with van der Waals surface area (Å²) in [7, 11) is 0. The van der Waals surface area contributed by atoms with Crippen LogP contribution in [-0.4, -0.2) is 24.7 Å². The minimum atomic E-state index is -5.85. The van der Waals surface area contributed by atoms with Gasteiger partial charge in [-0.3, -0.25) is 0 Å². The zero-order chi connectivity index (χ0) is 17.2. The summed E-state index contributed by atoms with van der Waals surface area (Å²) in [5, 5.41) is 0. The van der Waals surface area contributed by atoms with Crippen molar-refractivity contribution in [3.63, 3.8) is 0 Å². The standard InChI is InChI=1S/C15H23F5O2/c1-3-4-5-6-7-8-9-10-11-22-13(21)12(2)14(16,17)15(18,19)20/h2-11H2,1H3. The van der Waals surface area contributed by atoms with Crippen LogP contribution >= 0.6 is 0 Å². The molecule has 0 rings (SSSR count). The van der Waals surface area contributed by atoms with Crippen LogP contribution in [0.4, 0.5) is 22.0 Å². The quantitative estimate of drug-likeness (QED) is 0.219. The molecule has 0 radical (unpaired) electrons. The van der Waals surface area contributed by atoms with Gasteiger partial charge in [-0.05, 0) is 6.42 Å². The summed E-state index contributed by atoms with van der Waals surface area (Å²) < 4.78 is 66.2. The van der Waals surface area contributed by atoms with Gasteiger partial charge >= 0.3 is 18.1 Å². The lowest BCUT2D eigenvalue weighted by Crippen LogP contribution is -2.41. The average molecular weight is 330 g/mol. The van der Waals surface area contributed by atoms with E-state index >= 15 is 0 Å². The van der Waals surface area contributed by atoms with Gasteiger partial charge in [0.2, 0.25) is 0 Å². The number of unbranched alkanes of at least 4 members (excludes halogenated alkanes) is 7. The fraction of sp³-hybridized carbons (Fsp3) is 0.800. The van der Waals surface area contributed by atoms with Crippen LogP contribution < -0.4 is 0 Å². The summed E-state index contributed by atoms with van der Waals surface area (Å²) in [5.74, 6) is -6.96. The van der Waals surface area contributed by atoms with Crippen LogP contribution in [0, 0.1) is 0 Å². The zero-order valence-electron chi connectivity index (χ0n) is 12.8. The molecular weight excluding hydrogens is 307 g/mol. The van der Waals surface area contributed by atoms with E-state index in [1.807, 2.05) is 0 Å². The van der Waals surface area contributed by atoms with Gasteiger partial charge in [0.25, 0.3) is 0 Å². The number of esters is 1. The molecule has 0 spiro atoms. The van der Waals surface area contributed by atoms with Gasteiger partial charge in [-0.25, -0.2) is 4.79 Å². The molecule has 0 aromatic carbocycles. The maximum absolute atomic E-state index is 12.8. The molecule has 0 aromatic heterocycles. The van der Waals surface area contributed by atoms with E-state index < -0.39 is 23.6 Å². The molecule has 0 heterocycles. The second kappa shape index (κ2) is 9.79. The second-order valence-electron chi connectivity index (χ2n) is 5.16. The van der Waals surface area contributed by atoms with Gasteiger partial charge in [0.15, 0.2) is 0 Å². The third-order valence-corrected chi connectivity index (χ3v) is 3.21. The third-order valence-electron chi connectivity index (χ3n) is 3.21. The number of hydrogen-bond donors (Lipinski definition) is 0. The number of rotatable bonds is 11. The maximum Gasteiger partial charge on any atom is 0.458 e. The van der Waals surface area contributed by atoms with Gasteiger partial charge in [0.05, 0.1) is 6.61 Å². The first-order valence-corrected chi connectivity index (χ1v) is 7.45. The zero-order valence-corrected chi connectivity index (χ0v) is 12.8. The number of carbonyl (C=O) groups excluding carboxylic acids is 1. The maximum atomic E-state index is 12.8. The highest BCUT2D eigenvalue weighted by Gasteiger charge is 2.61. The number of alkyl halides is 5. The van der Waals surface area contributed by atoms with Crippen molar-refractivity contribution in [3.05, 3.63) is 12.2 Å². The molecule has 0 unspecified atom stereocenters. The van der Waals surface area contributed by atoms with E-state index in [0.29, 0.717) is 6.42 Å². The molecule has 0 atom stereocenters. The van der Waals surface area contributed by atoms with E-state index in [0.717, 1.165) is 38.5 Å². The molecule has 0 amide bonds. The Morgan fingerprint density at radius 3 is 1.82 bits per heavy atom. The summed E-state index contributed by atoms with van der Waals surface area (Å²) >= 11 is 0. The highest BCUT2D eigenvalue weighted by molar-refractivity contribution is 5.89. The molecule has 0 saturated heterocycles. The van der Waals surface area contributed by atoms with E-state index in [2.05, 4.69) is 18.2 Å². The lowest BCUT2D eigenvalue weighted by atomic mass is 10.1. The van der Waals surface area contributed by atoms with Crippen molar-refractivity contribution in [3.8, 4) is 0 Å². The smallest absolute Gasteiger partial charge is 0.458 e. The molecule has 0 N–H and O–H groups in total. The first-order valence-electron chi connectivity index (χ1n) is 7.45. The Labute approximate surface area is 127 Å². The van der Waals surface area contributed by atoms with Gasteiger partial charge < -0.3 is 4.74 Å². The molecule has 0 bridgehead atoms. The summed E-state index contributed by atoms with van der Waals surface area (Å²) in [4.78, 5) is 11.1. The van der Waals surface area contributed by atoms with E-state index in [-0.39, 0.29) is 6.61 Å². The highest BCUT2D eigenvalue weighted by atomic mass is 19.4. The lowest BCUT2D eigenvalue weighted by molar-refractivity contribution is -0.265. The van der Waals surface area contributed by atoms with Crippen LogP contribution in [0.2, 0.25) is 0 Å². The minimum Gasteiger partial charge on any atom is -0.462 e. The predicted molar refractivity (Wildman–Crippen MR) is 73.7 cm³/mol. The fourth-order valence-electron chi connectivity index (χ4n) is 1.79. The largest absolute Gasteiger partial charge is 0.462 e. The summed E-state index contributed by atoms with van der Waals surface area (Å²) in [5.41, 5.74) is -1.88. The predicted octanol–water partition coefficient (Wildman–Crippen LogP) is 5.42. The van der Waals surface area contributed by atoms with Crippen molar-refractivity contribution in [1.29, 1.82) is 0 Å². The van der Waals surface area contributed by atoms with E-state index in [1.54, 1.807) is 0 Å². The Kier molecular flexibility index (Phi) is 9.28. The molecule has 2 nitrogen and oxygen atoms in total. The van der Waals surface area contributed by atoms with Crippen molar-refractivity contribution >= 4 is 5.97 Å². The van der Waals surface area contributed by atoms with Gasteiger partial charge in [-0.15, -0.1) is 0 Å². The number of carbonyl (C=O) groups is 1. The highest BCUT2D eigenvalue weighted by Crippen LogP contribution is 2.40. The van der Waals surface area contributed by atoms with Gasteiger partial charge in [0.1, 0.15) is 5.57 Å². The SMILES string of the molecule is C=C(C(=O)OCCCCCCCCCC)C(F)(F)C(F)(F)F. The van der Waals surface area contributed by atoms with Crippen molar-refractivity contribution in [1.82, 2.24) is 0 Å². The molecule has 0 fully saturated rings. The summed E-state index contributed by atoms with van der Waals surface area (Å²) in [6.07, 6.45) is 1.90. The van der Waals surface area contributed by atoms with Gasteiger partial charge in [-0.2, -0.15) is 22.0 Å². The van der Waals surface area contributed by atoms with E-state index in [1.165, 1.54) is 6.42 Å². The molecule has 0 saturated carbocycles. The molecule has 0 aromatic rings. The molecular formula is C15H23F5O2. The molecule has 7 heteroatoms. The summed E-state index contributed by atoms with van der Waals surface area (Å²) in [6.45, 7) is 4.44. The van der Waals surface area contributed by atoms with Gasteiger partial charge in [-0.1, -0.05) is 58.4 Å². The molecule has 0 aliphatic carbocycles. The first kappa shape index (κ1) is 20.9. The van der Waals surface area contributed by atoms with Crippen LogP contribution in [0.1, 0.15) is 58.3 Å². The van der Waals surface area contributed by atoms with E-state index in [9.17, 15) is 26.7 Å². The molecule has 22 heavy (non-hydrogen) atoms. The van der Waals surface area contributed by atoms with Crippen molar-refractivity contribution in [2.24, 2.45) is 0 Å². The van der Waals surface area contributed by atoms with Crippen molar-refractivity contribution < 1.29 is 31.5 Å². The Morgan fingerprint density at radius 2 is 1.36 bits per heavy atom. The fourth-order valence-corrected chi connectivity index (χ4v) is 1.79.